The fourth-order valence-corrected chi connectivity index (χ4v) is 4.96. The van der Waals surface area contributed by atoms with Crippen molar-refractivity contribution in [2.75, 3.05) is 37.9 Å². The summed E-state index contributed by atoms with van der Waals surface area (Å²) in [5.41, 5.74) is 1.77. The molecule has 2 atom stereocenters. The van der Waals surface area contributed by atoms with E-state index in [2.05, 4.69) is 27.4 Å². The molecule has 0 saturated carbocycles. The zero-order valence-electron chi connectivity index (χ0n) is 19.2. The summed E-state index contributed by atoms with van der Waals surface area (Å²) in [4.78, 5) is 6.88. The third-order valence-electron chi connectivity index (χ3n) is 5.52. The molecule has 0 bridgehead atoms. The molecule has 0 aromatic heterocycles. The van der Waals surface area contributed by atoms with Crippen molar-refractivity contribution < 1.29 is 27.0 Å². The predicted octanol–water partition coefficient (Wildman–Crippen LogP) is 3.14. The number of nitrogens with one attached hydrogen (secondary N) is 1. The van der Waals surface area contributed by atoms with E-state index >= 15 is 0 Å². The van der Waals surface area contributed by atoms with E-state index in [0.29, 0.717) is 0 Å². The van der Waals surface area contributed by atoms with Crippen molar-refractivity contribution >= 4 is 33.6 Å². The normalized spacial score (nSPS) is 18.0. The number of oxime groups is 1. The molecule has 12 heteroatoms. The van der Waals surface area contributed by atoms with Crippen LogP contribution in [-0.2, 0) is 25.6 Å². The van der Waals surface area contributed by atoms with Crippen LogP contribution in [0.1, 0.15) is 25.3 Å². The van der Waals surface area contributed by atoms with Crippen molar-refractivity contribution in [3.8, 4) is 0 Å². The van der Waals surface area contributed by atoms with Gasteiger partial charge in [0.05, 0.1) is 6.54 Å². The first-order chi connectivity index (χ1) is 15.3. The van der Waals surface area contributed by atoms with Gasteiger partial charge in [-0.05, 0) is 52.9 Å². The van der Waals surface area contributed by atoms with Gasteiger partial charge in [-0.25, -0.2) is 0 Å². The van der Waals surface area contributed by atoms with Gasteiger partial charge >= 0.3 is 6.36 Å². The highest BCUT2D eigenvalue weighted by molar-refractivity contribution is 8.00. The molecule has 1 N–H and O–H groups in total. The van der Waals surface area contributed by atoms with E-state index in [1.165, 1.54) is 19.0 Å². The van der Waals surface area contributed by atoms with Gasteiger partial charge in [-0.2, -0.15) is 5.01 Å². The summed E-state index contributed by atoms with van der Waals surface area (Å²) >= 11 is 0. The number of hydrazine groups is 1. The largest absolute Gasteiger partial charge is 0.524 e. The maximum atomic E-state index is 12.9. The van der Waals surface area contributed by atoms with Crippen LogP contribution in [0.3, 0.4) is 0 Å². The first-order valence-corrected chi connectivity index (χ1v) is 12.5. The van der Waals surface area contributed by atoms with E-state index in [9.17, 15) is 17.4 Å². The van der Waals surface area contributed by atoms with E-state index in [1.54, 1.807) is 6.26 Å². The lowest BCUT2D eigenvalue weighted by Crippen LogP contribution is -2.52. The summed E-state index contributed by atoms with van der Waals surface area (Å²) in [6.07, 6.45) is -3.20. The molecule has 1 heterocycles. The van der Waals surface area contributed by atoms with E-state index in [4.69, 9.17) is 10.2 Å². The van der Waals surface area contributed by atoms with Gasteiger partial charge in [-0.15, -0.1) is 18.3 Å². The highest BCUT2D eigenvalue weighted by atomic mass is 32.2. The molecular formula is C21H32F3N5O3S. The number of hydrogen-bond donors (Lipinski definition) is 1. The van der Waals surface area contributed by atoms with Gasteiger partial charge in [0.2, 0.25) is 0 Å². The van der Waals surface area contributed by atoms with E-state index in [1.807, 2.05) is 24.3 Å². The number of hydrogen-bond acceptors (Lipinski definition) is 7. The van der Waals surface area contributed by atoms with Crippen LogP contribution in [0, 0.1) is 5.41 Å². The van der Waals surface area contributed by atoms with Crippen molar-refractivity contribution in [3.05, 3.63) is 29.8 Å². The number of rotatable bonds is 10. The molecule has 8 nitrogen and oxygen atoms in total. The molecule has 0 amide bonds. The van der Waals surface area contributed by atoms with Gasteiger partial charge in [0.15, 0.2) is 12.8 Å². The molecule has 33 heavy (non-hydrogen) atoms. The maximum absolute atomic E-state index is 12.9. The zero-order valence-corrected chi connectivity index (χ0v) is 20.0. The van der Waals surface area contributed by atoms with Crippen molar-refractivity contribution in [1.29, 1.82) is 5.41 Å². The molecule has 0 spiro atoms. The van der Waals surface area contributed by atoms with Crippen LogP contribution in [-0.4, -0.2) is 83.5 Å². The lowest BCUT2D eigenvalue weighted by Gasteiger charge is -2.38. The number of nitrogens with zero attached hydrogens (tertiary/aromatic N) is 4. The fourth-order valence-electron chi connectivity index (χ4n) is 3.75. The molecule has 1 fully saturated rings. The second-order valence-electron chi connectivity index (χ2n) is 8.09. The SMILES string of the molecule is C=NOCC(OC(F)(F)F)N(C)N(Cc1cccc(N2CCC(S(=C)(C)=O)CC2)c1)C(C)=N. The average molecular weight is 492 g/mol. The number of ether oxygens (including phenoxy) is 1. The maximum Gasteiger partial charge on any atom is 0.524 e. The topological polar surface area (TPSA) is 81.5 Å². The summed E-state index contributed by atoms with van der Waals surface area (Å²) in [6, 6.07) is 7.62. The number of alkyl halides is 3. The molecular weight excluding hydrogens is 459 g/mol. The molecule has 0 aliphatic carbocycles. The van der Waals surface area contributed by atoms with E-state index in [0.717, 1.165) is 42.2 Å². The Balaban J connectivity index is 2.15. The highest BCUT2D eigenvalue weighted by Gasteiger charge is 2.37. The van der Waals surface area contributed by atoms with Crippen molar-refractivity contribution in [2.45, 2.75) is 44.2 Å². The number of likely N-dealkylation sites (N-methyl/N-ethyl adjacent to an activating group) is 1. The standard InChI is InChI=1S/C21H32F3N5O3S/c1-16(25)29(27(3)20(15-31-26-2)32-21(22,23)24)14-17-7-6-8-18(13-17)28-11-9-19(10-12-28)33(4,5)30/h6-8,13,19-20,25H,2,4,9-12,14-15H2,1,3,5H3. The Bertz CT molecular complexity index is 918. The van der Waals surface area contributed by atoms with E-state index < -0.39 is 28.7 Å². The van der Waals surface area contributed by atoms with Crippen molar-refractivity contribution in [1.82, 2.24) is 10.0 Å². The summed E-state index contributed by atoms with van der Waals surface area (Å²) in [7, 11) is -0.692. The summed E-state index contributed by atoms with van der Waals surface area (Å²) in [5.74, 6) is 3.83. The molecule has 1 aliphatic heterocycles. The monoisotopic (exact) mass is 491 g/mol. The number of anilines is 1. The lowest BCUT2D eigenvalue weighted by atomic mass is 10.1. The Morgan fingerprint density at radius 3 is 2.55 bits per heavy atom. The van der Waals surface area contributed by atoms with Crippen molar-refractivity contribution in [2.24, 2.45) is 5.16 Å². The van der Waals surface area contributed by atoms with Crippen LogP contribution in [0.2, 0.25) is 0 Å². The first-order valence-electron chi connectivity index (χ1n) is 10.3. The minimum absolute atomic E-state index is 0.0270. The number of amidine groups is 1. The van der Waals surface area contributed by atoms with Gasteiger partial charge in [-0.1, -0.05) is 12.1 Å². The van der Waals surface area contributed by atoms with Crippen LogP contribution >= 0.6 is 0 Å². The fraction of sp³-hybridized carbons (Fsp3) is 0.571. The molecule has 2 unspecified atom stereocenters. The average Bonchev–Trinajstić information content (AvgIpc) is 2.73. The third-order valence-corrected chi connectivity index (χ3v) is 7.40. The van der Waals surface area contributed by atoms with Gasteiger partial charge in [-0.3, -0.25) is 19.4 Å². The van der Waals surface area contributed by atoms with Gasteiger partial charge in [0, 0.05) is 44.0 Å². The third kappa shape index (κ3) is 8.20. The molecule has 1 saturated heterocycles. The number of benzene rings is 1. The smallest absolute Gasteiger partial charge is 0.392 e. The molecule has 2 rings (SSSR count). The summed E-state index contributed by atoms with van der Waals surface area (Å²) in [6.45, 7) is 5.69. The van der Waals surface area contributed by atoms with Crippen LogP contribution in [0.5, 0.6) is 0 Å². The van der Waals surface area contributed by atoms with Crippen LogP contribution < -0.4 is 4.90 Å². The zero-order chi connectivity index (χ0) is 24.8. The molecule has 1 aromatic rings. The lowest BCUT2D eigenvalue weighted by molar-refractivity contribution is -0.373. The first kappa shape index (κ1) is 26.9. The Kier molecular flexibility index (Phi) is 9.15. The Morgan fingerprint density at radius 2 is 2.03 bits per heavy atom. The quantitative estimate of drug-likeness (QED) is 0.178. The molecule has 1 aliphatic rings. The highest BCUT2D eigenvalue weighted by Crippen LogP contribution is 2.26. The Morgan fingerprint density at radius 1 is 1.39 bits per heavy atom. The van der Waals surface area contributed by atoms with Crippen molar-refractivity contribution in [3.63, 3.8) is 0 Å². The number of halogens is 3. The molecule has 186 valence electrons. The minimum Gasteiger partial charge on any atom is -0.392 e. The van der Waals surface area contributed by atoms with Gasteiger partial charge < -0.3 is 9.74 Å². The minimum atomic E-state index is -4.90. The van der Waals surface area contributed by atoms with Crippen LogP contribution in [0.4, 0.5) is 18.9 Å². The molecule has 1 aromatic carbocycles. The van der Waals surface area contributed by atoms with Gasteiger partial charge in [0.25, 0.3) is 0 Å². The summed E-state index contributed by atoms with van der Waals surface area (Å²) in [5, 5.41) is 13.8. The molecule has 0 radical (unpaired) electrons. The summed E-state index contributed by atoms with van der Waals surface area (Å²) < 4.78 is 55.1. The van der Waals surface area contributed by atoms with E-state index in [-0.39, 0.29) is 17.6 Å². The van der Waals surface area contributed by atoms with Crippen LogP contribution in [0.25, 0.3) is 0 Å². The second-order valence-corrected chi connectivity index (χ2v) is 10.9. The Labute approximate surface area is 193 Å². The number of piperidine rings is 1. The second kappa shape index (κ2) is 11.2. The van der Waals surface area contributed by atoms with Crippen LogP contribution in [0.15, 0.2) is 29.4 Å². The predicted molar refractivity (Wildman–Crippen MR) is 126 cm³/mol. The van der Waals surface area contributed by atoms with Gasteiger partial charge in [0.1, 0.15) is 5.84 Å². The Hall–Kier alpha value is -2.31.